The molecule has 0 saturated carbocycles. The van der Waals surface area contributed by atoms with Crippen LogP contribution >= 0.6 is 11.3 Å². The zero-order valence-electron chi connectivity index (χ0n) is 13.0. The summed E-state index contributed by atoms with van der Waals surface area (Å²) in [6.07, 6.45) is 6.85. The summed E-state index contributed by atoms with van der Waals surface area (Å²) in [4.78, 5) is 21.4. The van der Waals surface area contributed by atoms with Crippen LogP contribution in [0.15, 0.2) is 16.1 Å². The maximum Gasteiger partial charge on any atom is 0.276 e. The minimum absolute atomic E-state index is 0.0258. The predicted molar refractivity (Wildman–Crippen MR) is 88.0 cm³/mol. The molecule has 0 atom stereocenters. The molecule has 1 amide bonds. The minimum Gasteiger partial charge on any atom is -0.360 e. The zero-order valence-corrected chi connectivity index (χ0v) is 13.8. The van der Waals surface area contributed by atoms with Crippen LogP contribution in [0.25, 0.3) is 0 Å². The zero-order chi connectivity index (χ0) is 15.6. The SMILES string of the molecule is O=C(c1noc2c1CCCC2)N1CCCN(c2nccs2)CC1. The van der Waals surface area contributed by atoms with Crippen molar-refractivity contribution in [3.05, 3.63) is 28.6 Å². The largest absolute Gasteiger partial charge is 0.360 e. The first-order valence-electron chi connectivity index (χ1n) is 8.24. The Morgan fingerprint density at radius 2 is 2.04 bits per heavy atom. The molecule has 1 fully saturated rings. The number of amides is 1. The van der Waals surface area contributed by atoms with E-state index >= 15 is 0 Å². The highest BCUT2D eigenvalue weighted by atomic mass is 32.1. The normalized spacial score (nSPS) is 18.6. The number of aryl methyl sites for hydroxylation is 1. The van der Waals surface area contributed by atoms with Crippen LogP contribution in [0.3, 0.4) is 0 Å². The molecule has 0 radical (unpaired) electrons. The van der Waals surface area contributed by atoms with Crippen LogP contribution in [0.2, 0.25) is 0 Å². The van der Waals surface area contributed by atoms with Gasteiger partial charge in [0.15, 0.2) is 10.8 Å². The molecule has 0 unspecified atom stereocenters. The second-order valence-electron chi connectivity index (χ2n) is 6.09. The van der Waals surface area contributed by atoms with E-state index in [0.717, 1.165) is 68.2 Å². The molecule has 0 aromatic carbocycles. The summed E-state index contributed by atoms with van der Waals surface area (Å²) >= 11 is 1.65. The molecule has 6 nitrogen and oxygen atoms in total. The van der Waals surface area contributed by atoms with E-state index in [1.54, 1.807) is 11.3 Å². The van der Waals surface area contributed by atoms with E-state index in [1.807, 2.05) is 16.5 Å². The van der Waals surface area contributed by atoms with Crippen LogP contribution < -0.4 is 4.90 Å². The maximum absolute atomic E-state index is 12.9. The number of hydrogen-bond acceptors (Lipinski definition) is 6. The first kappa shape index (κ1) is 14.7. The molecular weight excluding hydrogens is 312 g/mol. The fourth-order valence-corrected chi connectivity index (χ4v) is 4.08. The van der Waals surface area contributed by atoms with Crippen molar-refractivity contribution in [3.63, 3.8) is 0 Å². The Hall–Kier alpha value is -1.89. The molecule has 2 aromatic rings. The highest BCUT2D eigenvalue weighted by Gasteiger charge is 2.28. The summed E-state index contributed by atoms with van der Waals surface area (Å²) in [5.74, 6) is 0.941. The third-order valence-electron chi connectivity index (χ3n) is 4.63. The molecule has 0 bridgehead atoms. The second-order valence-corrected chi connectivity index (χ2v) is 6.96. The first-order chi connectivity index (χ1) is 11.3. The van der Waals surface area contributed by atoms with Gasteiger partial charge in [0.05, 0.1) is 0 Å². The van der Waals surface area contributed by atoms with Gasteiger partial charge in [0, 0.05) is 49.7 Å². The number of anilines is 1. The number of carbonyl (C=O) groups excluding carboxylic acids is 1. The van der Waals surface area contributed by atoms with Crippen molar-refractivity contribution in [2.75, 3.05) is 31.1 Å². The van der Waals surface area contributed by atoms with Gasteiger partial charge in [-0.1, -0.05) is 5.16 Å². The van der Waals surface area contributed by atoms with Gasteiger partial charge in [-0.25, -0.2) is 4.98 Å². The standard InChI is InChI=1S/C16H20N4O2S/c21-15(14-12-4-1-2-5-13(12)22-18-14)19-7-3-8-20(10-9-19)16-17-6-11-23-16/h6,11H,1-5,7-10H2. The molecule has 3 heterocycles. The van der Waals surface area contributed by atoms with Crippen LogP contribution in [0.5, 0.6) is 0 Å². The van der Waals surface area contributed by atoms with E-state index < -0.39 is 0 Å². The lowest BCUT2D eigenvalue weighted by atomic mass is 9.96. The van der Waals surface area contributed by atoms with E-state index in [0.29, 0.717) is 12.2 Å². The highest BCUT2D eigenvalue weighted by Crippen LogP contribution is 2.26. The molecule has 122 valence electrons. The third kappa shape index (κ3) is 2.85. The van der Waals surface area contributed by atoms with Crippen LogP contribution in [-0.2, 0) is 12.8 Å². The lowest BCUT2D eigenvalue weighted by Gasteiger charge is -2.21. The van der Waals surface area contributed by atoms with Crippen molar-refractivity contribution in [2.45, 2.75) is 32.1 Å². The van der Waals surface area contributed by atoms with Gasteiger partial charge < -0.3 is 14.3 Å². The number of hydrogen-bond donors (Lipinski definition) is 0. The summed E-state index contributed by atoms with van der Waals surface area (Å²) in [5, 5.41) is 7.11. The van der Waals surface area contributed by atoms with E-state index in [1.165, 1.54) is 0 Å². The Kier molecular flexibility index (Phi) is 4.03. The van der Waals surface area contributed by atoms with Gasteiger partial charge in [-0.2, -0.15) is 0 Å². The van der Waals surface area contributed by atoms with Crippen molar-refractivity contribution in [3.8, 4) is 0 Å². The van der Waals surface area contributed by atoms with Crippen LogP contribution in [-0.4, -0.2) is 47.1 Å². The van der Waals surface area contributed by atoms with Gasteiger partial charge in [-0.15, -0.1) is 11.3 Å². The van der Waals surface area contributed by atoms with Crippen molar-refractivity contribution in [1.29, 1.82) is 0 Å². The van der Waals surface area contributed by atoms with Crippen LogP contribution in [0.4, 0.5) is 5.13 Å². The highest BCUT2D eigenvalue weighted by molar-refractivity contribution is 7.13. The summed E-state index contributed by atoms with van der Waals surface area (Å²) in [5.41, 5.74) is 1.59. The second kappa shape index (κ2) is 6.31. The van der Waals surface area contributed by atoms with Gasteiger partial charge in [-0.05, 0) is 25.7 Å². The lowest BCUT2D eigenvalue weighted by Crippen LogP contribution is -2.36. The van der Waals surface area contributed by atoms with Crippen LogP contribution in [0.1, 0.15) is 41.1 Å². The number of nitrogens with zero attached hydrogens (tertiary/aromatic N) is 4. The monoisotopic (exact) mass is 332 g/mol. The molecule has 1 aliphatic heterocycles. The fourth-order valence-electron chi connectivity index (χ4n) is 3.39. The van der Waals surface area contributed by atoms with Crippen molar-refractivity contribution >= 4 is 22.4 Å². The topological polar surface area (TPSA) is 62.5 Å². The number of fused-ring (bicyclic) bond motifs is 1. The van der Waals surface area contributed by atoms with E-state index in [9.17, 15) is 4.79 Å². The quantitative estimate of drug-likeness (QED) is 0.845. The average Bonchev–Trinajstić information content (AvgIpc) is 3.19. The number of aromatic nitrogens is 2. The maximum atomic E-state index is 12.9. The van der Waals surface area contributed by atoms with Crippen molar-refractivity contribution in [1.82, 2.24) is 15.0 Å². The summed E-state index contributed by atoms with van der Waals surface area (Å²) in [6.45, 7) is 3.23. The molecule has 0 spiro atoms. The lowest BCUT2D eigenvalue weighted by molar-refractivity contribution is 0.0755. The number of thiazole rings is 1. The fraction of sp³-hybridized carbons (Fsp3) is 0.562. The predicted octanol–water partition coefficient (Wildman–Crippen LogP) is 2.36. The van der Waals surface area contributed by atoms with Gasteiger partial charge >= 0.3 is 0 Å². The molecule has 23 heavy (non-hydrogen) atoms. The number of rotatable bonds is 2. The van der Waals surface area contributed by atoms with Gasteiger partial charge in [0.25, 0.3) is 5.91 Å². The molecule has 4 rings (SSSR count). The summed E-state index contributed by atoms with van der Waals surface area (Å²) in [6, 6.07) is 0. The molecule has 2 aromatic heterocycles. The molecule has 1 aliphatic carbocycles. The van der Waals surface area contributed by atoms with E-state index in [4.69, 9.17) is 4.52 Å². The van der Waals surface area contributed by atoms with Crippen LogP contribution in [0, 0.1) is 0 Å². The van der Waals surface area contributed by atoms with Gasteiger partial charge in [-0.3, -0.25) is 4.79 Å². The first-order valence-corrected chi connectivity index (χ1v) is 9.12. The van der Waals surface area contributed by atoms with Crippen molar-refractivity contribution in [2.24, 2.45) is 0 Å². The Labute approximate surface area is 139 Å². The molecule has 1 saturated heterocycles. The Morgan fingerprint density at radius 3 is 2.91 bits per heavy atom. The van der Waals surface area contributed by atoms with Gasteiger partial charge in [0.1, 0.15) is 5.76 Å². The van der Waals surface area contributed by atoms with E-state index in [-0.39, 0.29) is 5.91 Å². The Bertz CT molecular complexity index is 682. The van der Waals surface area contributed by atoms with E-state index in [2.05, 4.69) is 15.0 Å². The average molecular weight is 332 g/mol. The smallest absolute Gasteiger partial charge is 0.276 e. The molecular formula is C16H20N4O2S. The van der Waals surface area contributed by atoms with Crippen molar-refractivity contribution < 1.29 is 9.32 Å². The third-order valence-corrected chi connectivity index (χ3v) is 5.46. The molecule has 0 N–H and O–H groups in total. The molecule has 7 heteroatoms. The Balaban J connectivity index is 1.48. The summed E-state index contributed by atoms with van der Waals surface area (Å²) < 4.78 is 5.39. The Morgan fingerprint density at radius 1 is 1.13 bits per heavy atom. The summed E-state index contributed by atoms with van der Waals surface area (Å²) in [7, 11) is 0. The molecule has 2 aliphatic rings. The van der Waals surface area contributed by atoms with Gasteiger partial charge in [0.2, 0.25) is 0 Å². The number of carbonyl (C=O) groups is 1. The minimum atomic E-state index is 0.0258.